The molecule has 2 aromatic rings. The van der Waals surface area contributed by atoms with Crippen LogP contribution in [0.2, 0.25) is 0 Å². The molecule has 6 nitrogen and oxygen atoms in total. The summed E-state index contributed by atoms with van der Waals surface area (Å²) >= 11 is 0. The molecule has 38 heavy (non-hydrogen) atoms. The van der Waals surface area contributed by atoms with E-state index in [0.717, 1.165) is 61.4 Å². The quantitative estimate of drug-likeness (QED) is 0.127. The molecule has 5 aliphatic carbocycles. The SMILES string of the molecule is COOc1ccc(/C(=C2/C3CC4C[C@H]2C2CC32C4)c2ccc(OCCCCCCOS(C)(=O)=O)cc2)cc1. The van der Waals surface area contributed by atoms with Crippen molar-refractivity contribution in [3.8, 4) is 11.5 Å². The predicted octanol–water partition coefficient (Wildman–Crippen LogP) is 6.41. The molecule has 7 heteroatoms. The molecule has 0 aliphatic heterocycles. The van der Waals surface area contributed by atoms with Crippen molar-refractivity contribution in [3.63, 3.8) is 0 Å². The summed E-state index contributed by atoms with van der Waals surface area (Å²) in [6.07, 6.45) is 10.3. The van der Waals surface area contributed by atoms with Crippen LogP contribution < -0.4 is 9.62 Å². The van der Waals surface area contributed by atoms with Crippen LogP contribution in [0.4, 0.5) is 0 Å². The highest BCUT2D eigenvalue weighted by Gasteiger charge is 2.75. The molecule has 204 valence electrons. The van der Waals surface area contributed by atoms with E-state index in [-0.39, 0.29) is 6.61 Å². The normalized spacial score (nSPS) is 29.8. The fraction of sp³-hybridized carbons (Fsp3) is 0.548. The summed E-state index contributed by atoms with van der Waals surface area (Å²) < 4.78 is 32.8. The first-order chi connectivity index (χ1) is 18.4. The zero-order valence-electron chi connectivity index (χ0n) is 22.4. The summed E-state index contributed by atoms with van der Waals surface area (Å²) in [7, 11) is -1.81. The summed E-state index contributed by atoms with van der Waals surface area (Å²) in [5, 5.41) is 0. The molecular formula is C31H38O6S. The summed E-state index contributed by atoms with van der Waals surface area (Å²) in [5.74, 6) is 4.94. The van der Waals surface area contributed by atoms with E-state index in [2.05, 4.69) is 36.4 Å². The molecular weight excluding hydrogens is 500 g/mol. The first-order valence-electron chi connectivity index (χ1n) is 14.0. The number of unbranched alkanes of at least 4 members (excludes halogenated alkanes) is 3. The number of ether oxygens (including phenoxy) is 1. The smallest absolute Gasteiger partial charge is 0.264 e. The van der Waals surface area contributed by atoms with Gasteiger partial charge in [0.05, 0.1) is 26.6 Å². The lowest BCUT2D eigenvalue weighted by atomic mass is 9.73. The molecule has 0 N–H and O–H groups in total. The van der Waals surface area contributed by atoms with Crippen molar-refractivity contribution >= 4 is 15.7 Å². The summed E-state index contributed by atoms with van der Waals surface area (Å²) in [5.41, 5.74) is 6.27. The van der Waals surface area contributed by atoms with Gasteiger partial charge < -0.3 is 9.62 Å². The second kappa shape index (κ2) is 10.3. The Bertz CT molecular complexity index is 1280. The minimum atomic E-state index is -3.34. The van der Waals surface area contributed by atoms with Crippen LogP contribution in [-0.4, -0.2) is 35.0 Å². The van der Waals surface area contributed by atoms with Crippen molar-refractivity contribution in [1.29, 1.82) is 0 Å². The van der Waals surface area contributed by atoms with Crippen LogP contribution in [0.3, 0.4) is 0 Å². The van der Waals surface area contributed by atoms with Crippen LogP contribution in [0.25, 0.3) is 5.57 Å². The predicted molar refractivity (Wildman–Crippen MR) is 146 cm³/mol. The van der Waals surface area contributed by atoms with Gasteiger partial charge in [-0.3, -0.25) is 4.18 Å². The molecule has 5 aliphatic rings. The Morgan fingerprint density at radius 2 is 1.53 bits per heavy atom. The molecule has 0 saturated heterocycles. The molecule has 0 amide bonds. The standard InChI is InChI=1S/C31H38O6S/c1-34-37-25-13-9-23(10-14-25)29(30-26-17-21-18-27(30)31(19-21)20-28(26)31)22-7-11-24(12-8-22)35-15-5-3-4-6-16-36-38(2,32)33/h7-14,21,26-28H,3-6,15-20H2,1-2H3/b30-29+/t21?,26-,27?,28?,31?/m0/s1. The van der Waals surface area contributed by atoms with Gasteiger partial charge in [-0.2, -0.15) is 13.3 Å². The minimum Gasteiger partial charge on any atom is -0.494 e. The zero-order valence-corrected chi connectivity index (χ0v) is 23.2. The molecule has 5 atom stereocenters. The largest absolute Gasteiger partial charge is 0.494 e. The minimum absolute atomic E-state index is 0.255. The van der Waals surface area contributed by atoms with Gasteiger partial charge in [0.25, 0.3) is 10.1 Å². The second-order valence-electron chi connectivity index (χ2n) is 11.7. The van der Waals surface area contributed by atoms with Gasteiger partial charge in [0.1, 0.15) is 5.75 Å². The molecule has 0 radical (unpaired) electrons. The van der Waals surface area contributed by atoms with Crippen LogP contribution in [-0.2, 0) is 19.2 Å². The van der Waals surface area contributed by atoms with Gasteiger partial charge in [0, 0.05) is 0 Å². The number of rotatable bonds is 13. The summed E-state index contributed by atoms with van der Waals surface area (Å²) in [4.78, 5) is 10.1. The molecule has 5 saturated carbocycles. The molecule has 4 unspecified atom stereocenters. The van der Waals surface area contributed by atoms with Crippen LogP contribution in [0.1, 0.15) is 62.5 Å². The van der Waals surface area contributed by atoms with E-state index in [4.69, 9.17) is 18.7 Å². The van der Waals surface area contributed by atoms with Crippen molar-refractivity contribution in [3.05, 3.63) is 65.2 Å². The number of allylic oxidation sites excluding steroid dienone is 1. The van der Waals surface area contributed by atoms with Crippen LogP contribution >= 0.6 is 0 Å². The van der Waals surface area contributed by atoms with E-state index in [1.807, 2.05) is 12.1 Å². The first-order valence-corrected chi connectivity index (χ1v) is 15.8. The molecule has 0 heterocycles. The number of hydrogen-bond donors (Lipinski definition) is 0. The van der Waals surface area contributed by atoms with Crippen LogP contribution in [0.15, 0.2) is 54.1 Å². The highest BCUT2D eigenvalue weighted by atomic mass is 32.2. The summed E-state index contributed by atoms with van der Waals surface area (Å²) in [6.45, 7) is 0.905. The molecule has 2 aromatic carbocycles. The monoisotopic (exact) mass is 538 g/mol. The Balaban J connectivity index is 1.14. The lowest BCUT2D eigenvalue weighted by molar-refractivity contribution is -0.178. The maximum Gasteiger partial charge on any atom is 0.264 e. The van der Waals surface area contributed by atoms with Crippen molar-refractivity contribution in [2.24, 2.45) is 29.1 Å². The van der Waals surface area contributed by atoms with Gasteiger partial charge in [-0.25, -0.2) is 0 Å². The van der Waals surface area contributed by atoms with E-state index in [1.54, 1.807) is 5.57 Å². The first kappa shape index (κ1) is 25.9. The lowest BCUT2D eigenvalue weighted by Crippen LogP contribution is -2.19. The average molecular weight is 539 g/mol. The van der Waals surface area contributed by atoms with E-state index >= 15 is 0 Å². The molecule has 4 bridgehead atoms. The highest BCUT2D eigenvalue weighted by Crippen LogP contribution is 2.83. The Morgan fingerprint density at radius 3 is 2.16 bits per heavy atom. The summed E-state index contributed by atoms with van der Waals surface area (Å²) in [6, 6.07) is 17.0. The fourth-order valence-electron chi connectivity index (χ4n) is 7.91. The van der Waals surface area contributed by atoms with E-state index in [9.17, 15) is 8.42 Å². The van der Waals surface area contributed by atoms with Crippen molar-refractivity contribution in [2.45, 2.75) is 51.4 Å². The maximum atomic E-state index is 11.0. The molecule has 5 fully saturated rings. The fourth-order valence-corrected chi connectivity index (χ4v) is 8.33. The van der Waals surface area contributed by atoms with Gasteiger partial charge in [-0.15, -0.1) is 0 Å². The third-order valence-electron chi connectivity index (χ3n) is 9.32. The topological polar surface area (TPSA) is 71.1 Å². The maximum absolute atomic E-state index is 11.0. The average Bonchev–Trinajstić information content (AvgIpc) is 3.53. The van der Waals surface area contributed by atoms with Gasteiger partial charge >= 0.3 is 0 Å². The third-order valence-corrected chi connectivity index (χ3v) is 9.91. The second-order valence-corrected chi connectivity index (χ2v) is 13.3. The number of benzene rings is 2. The third kappa shape index (κ3) is 5.01. The van der Waals surface area contributed by atoms with Crippen molar-refractivity contribution in [1.82, 2.24) is 0 Å². The van der Waals surface area contributed by atoms with E-state index < -0.39 is 10.1 Å². The van der Waals surface area contributed by atoms with Gasteiger partial charge in [0.2, 0.25) is 0 Å². The van der Waals surface area contributed by atoms with Crippen molar-refractivity contribution < 1.29 is 27.1 Å². The highest BCUT2D eigenvalue weighted by molar-refractivity contribution is 7.85. The number of hydrogen-bond acceptors (Lipinski definition) is 6. The Kier molecular flexibility index (Phi) is 7.04. The van der Waals surface area contributed by atoms with Gasteiger partial charge in [0.15, 0.2) is 5.75 Å². The van der Waals surface area contributed by atoms with Gasteiger partial charge in [-0.1, -0.05) is 36.3 Å². The molecule has 7 rings (SSSR count). The Hall–Kier alpha value is -2.35. The molecule has 1 spiro atoms. The van der Waals surface area contributed by atoms with Crippen LogP contribution in [0, 0.1) is 29.1 Å². The zero-order chi connectivity index (χ0) is 26.3. The van der Waals surface area contributed by atoms with Crippen molar-refractivity contribution in [2.75, 3.05) is 26.6 Å². The van der Waals surface area contributed by atoms with E-state index in [0.29, 0.717) is 17.8 Å². The van der Waals surface area contributed by atoms with E-state index in [1.165, 1.54) is 49.5 Å². The molecule has 0 aromatic heterocycles. The van der Waals surface area contributed by atoms with Gasteiger partial charge in [-0.05, 0) is 115 Å². The Morgan fingerprint density at radius 1 is 0.868 bits per heavy atom. The van der Waals surface area contributed by atoms with Crippen LogP contribution in [0.5, 0.6) is 11.5 Å². The Labute approximate surface area is 226 Å². The lowest BCUT2D eigenvalue weighted by Gasteiger charge is -2.31.